The highest BCUT2D eigenvalue weighted by Crippen LogP contribution is 2.23. The first-order chi connectivity index (χ1) is 7.36. The van der Waals surface area contributed by atoms with E-state index in [4.69, 9.17) is 10.5 Å². The van der Waals surface area contributed by atoms with Crippen LogP contribution < -0.4 is 15.8 Å². The van der Waals surface area contributed by atoms with Crippen LogP contribution in [-0.2, 0) is 0 Å². The molecule has 0 aliphatic carbocycles. The Kier molecular flexibility index (Phi) is 3.59. The summed E-state index contributed by atoms with van der Waals surface area (Å²) in [5, 5.41) is 12.7. The summed E-state index contributed by atoms with van der Waals surface area (Å²) < 4.78 is 5.02. The van der Waals surface area contributed by atoms with Gasteiger partial charge in [-0.15, -0.1) is 0 Å². The third kappa shape index (κ3) is 2.76. The van der Waals surface area contributed by atoms with Crippen molar-refractivity contribution in [2.75, 3.05) is 18.2 Å². The Hall–Kier alpha value is -1.49. The summed E-state index contributed by atoms with van der Waals surface area (Å²) in [6, 6.07) is 3.47. The lowest BCUT2D eigenvalue weighted by atomic mass is 9.99. The van der Waals surface area contributed by atoms with Gasteiger partial charge in [0.25, 0.3) is 0 Å². The van der Waals surface area contributed by atoms with E-state index in [0.717, 1.165) is 0 Å². The van der Waals surface area contributed by atoms with E-state index in [0.29, 0.717) is 17.4 Å². The van der Waals surface area contributed by atoms with Crippen LogP contribution in [0.5, 0.6) is 5.88 Å². The monoisotopic (exact) mass is 225 g/mol. The number of aromatic nitrogens is 1. The maximum Gasteiger partial charge on any atom is 0.238 e. The van der Waals surface area contributed by atoms with Gasteiger partial charge in [0.15, 0.2) is 0 Å². The van der Waals surface area contributed by atoms with E-state index in [2.05, 4.69) is 10.3 Å². The molecule has 5 heteroatoms. The van der Waals surface area contributed by atoms with Gasteiger partial charge in [-0.25, -0.2) is 0 Å². The summed E-state index contributed by atoms with van der Waals surface area (Å²) in [7, 11) is 1.52. The van der Waals surface area contributed by atoms with Crippen molar-refractivity contribution in [1.29, 1.82) is 0 Å². The van der Waals surface area contributed by atoms with Crippen molar-refractivity contribution in [3.05, 3.63) is 12.1 Å². The Bertz CT molecular complexity index is 364. The molecule has 0 amide bonds. The minimum Gasteiger partial charge on any atom is -0.479 e. The number of nitrogens with two attached hydrogens (primary N) is 1. The van der Waals surface area contributed by atoms with Gasteiger partial charge in [0.05, 0.1) is 24.4 Å². The SMILES string of the molecule is COc1nc(NC(C)(C)C(C)O)ccc1N. The number of nitrogens with one attached hydrogen (secondary N) is 1. The summed E-state index contributed by atoms with van der Waals surface area (Å²) in [4.78, 5) is 4.19. The second kappa shape index (κ2) is 4.57. The normalized spacial score (nSPS) is 13.3. The van der Waals surface area contributed by atoms with Crippen molar-refractivity contribution >= 4 is 11.5 Å². The molecule has 1 rings (SSSR count). The molecule has 0 fully saturated rings. The maximum absolute atomic E-state index is 9.58. The molecule has 0 saturated carbocycles. The summed E-state index contributed by atoms with van der Waals surface area (Å²) in [6.07, 6.45) is -0.502. The van der Waals surface area contributed by atoms with Gasteiger partial charge in [-0.1, -0.05) is 0 Å². The van der Waals surface area contributed by atoms with Gasteiger partial charge in [0.1, 0.15) is 5.82 Å². The smallest absolute Gasteiger partial charge is 0.238 e. The molecule has 0 aromatic carbocycles. The number of aliphatic hydroxyl groups is 1. The number of hydrogen-bond acceptors (Lipinski definition) is 5. The van der Waals surface area contributed by atoms with Gasteiger partial charge >= 0.3 is 0 Å². The zero-order valence-electron chi connectivity index (χ0n) is 10.1. The number of ether oxygens (including phenoxy) is 1. The van der Waals surface area contributed by atoms with Crippen LogP contribution in [0.3, 0.4) is 0 Å². The number of hydrogen-bond donors (Lipinski definition) is 3. The van der Waals surface area contributed by atoms with Crippen molar-refractivity contribution in [3.8, 4) is 5.88 Å². The Morgan fingerprint density at radius 1 is 1.50 bits per heavy atom. The van der Waals surface area contributed by atoms with Crippen LogP contribution in [0.15, 0.2) is 12.1 Å². The molecule has 0 bridgehead atoms. The Balaban J connectivity index is 2.90. The minimum absolute atomic E-state index is 0.381. The third-order valence-corrected chi connectivity index (χ3v) is 2.58. The molecular weight excluding hydrogens is 206 g/mol. The number of rotatable bonds is 4. The zero-order chi connectivity index (χ0) is 12.3. The predicted octanol–water partition coefficient (Wildman–Crippen LogP) is 1.24. The van der Waals surface area contributed by atoms with Crippen LogP contribution in [0.2, 0.25) is 0 Å². The van der Waals surface area contributed by atoms with Crippen LogP contribution in [0.1, 0.15) is 20.8 Å². The van der Waals surface area contributed by atoms with E-state index < -0.39 is 11.6 Å². The summed E-state index contributed by atoms with van der Waals surface area (Å²) in [5.41, 5.74) is 5.68. The van der Waals surface area contributed by atoms with Gasteiger partial charge in [-0.2, -0.15) is 4.98 Å². The number of anilines is 2. The molecule has 5 nitrogen and oxygen atoms in total. The van der Waals surface area contributed by atoms with E-state index in [1.807, 2.05) is 13.8 Å². The number of nitrogen functional groups attached to an aromatic ring is 1. The van der Waals surface area contributed by atoms with Crippen molar-refractivity contribution in [3.63, 3.8) is 0 Å². The fraction of sp³-hybridized carbons (Fsp3) is 0.545. The number of methoxy groups -OCH3 is 1. The average molecular weight is 225 g/mol. The lowest BCUT2D eigenvalue weighted by Crippen LogP contribution is -2.42. The van der Waals surface area contributed by atoms with E-state index in [1.165, 1.54) is 7.11 Å². The lowest BCUT2D eigenvalue weighted by molar-refractivity contribution is 0.133. The average Bonchev–Trinajstić information content (AvgIpc) is 2.20. The third-order valence-electron chi connectivity index (χ3n) is 2.58. The van der Waals surface area contributed by atoms with E-state index in [-0.39, 0.29) is 0 Å². The van der Waals surface area contributed by atoms with Gasteiger partial charge in [0, 0.05) is 0 Å². The zero-order valence-corrected chi connectivity index (χ0v) is 10.1. The second-order valence-corrected chi connectivity index (χ2v) is 4.32. The molecule has 1 aromatic heterocycles. The molecule has 1 unspecified atom stereocenters. The quantitative estimate of drug-likeness (QED) is 0.718. The molecular formula is C11H19N3O2. The highest BCUT2D eigenvalue weighted by atomic mass is 16.5. The Morgan fingerprint density at radius 3 is 2.62 bits per heavy atom. The van der Waals surface area contributed by atoms with Crippen molar-refractivity contribution < 1.29 is 9.84 Å². The summed E-state index contributed by atoms with van der Waals surface area (Å²) in [6.45, 7) is 5.51. The first-order valence-electron chi connectivity index (χ1n) is 5.13. The van der Waals surface area contributed by atoms with Crippen LogP contribution >= 0.6 is 0 Å². The summed E-state index contributed by atoms with van der Waals surface area (Å²) in [5.74, 6) is 1.00. The van der Waals surface area contributed by atoms with E-state index in [9.17, 15) is 5.11 Å². The summed E-state index contributed by atoms with van der Waals surface area (Å²) >= 11 is 0. The molecule has 16 heavy (non-hydrogen) atoms. The Morgan fingerprint density at radius 2 is 2.12 bits per heavy atom. The van der Waals surface area contributed by atoms with Crippen molar-refractivity contribution in [2.45, 2.75) is 32.4 Å². The number of pyridine rings is 1. The van der Waals surface area contributed by atoms with Gasteiger partial charge in [-0.3, -0.25) is 0 Å². The Labute approximate surface area is 95.6 Å². The molecule has 0 aliphatic heterocycles. The fourth-order valence-corrected chi connectivity index (χ4v) is 1.12. The minimum atomic E-state index is -0.502. The number of aliphatic hydroxyl groups excluding tert-OH is 1. The van der Waals surface area contributed by atoms with Gasteiger partial charge in [0.2, 0.25) is 5.88 Å². The van der Waals surface area contributed by atoms with Crippen molar-refractivity contribution in [1.82, 2.24) is 4.98 Å². The molecule has 1 aromatic rings. The maximum atomic E-state index is 9.58. The molecule has 1 heterocycles. The molecule has 0 aliphatic rings. The van der Waals surface area contributed by atoms with E-state index >= 15 is 0 Å². The molecule has 0 saturated heterocycles. The second-order valence-electron chi connectivity index (χ2n) is 4.32. The van der Waals surface area contributed by atoms with Gasteiger partial charge in [-0.05, 0) is 32.9 Å². The van der Waals surface area contributed by atoms with Crippen LogP contribution in [0.25, 0.3) is 0 Å². The van der Waals surface area contributed by atoms with Crippen LogP contribution in [0, 0.1) is 0 Å². The molecule has 1 atom stereocenters. The largest absolute Gasteiger partial charge is 0.479 e. The molecule has 0 radical (unpaired) electrons. The fourth-order valence-electron chi connectivity index (χ4n) is 1.12. The van der Waals surface area contributed by atoms with E-state index in [1.54, 1.807) is 19.1 Å². The first-order valence-corrected chi connectivity index (χ1v) is 5.13. The molecule has 90 valence electrons. The number of nitrogens with zero attached hydrogens (tertiary/aromatic N) is 1. The lowest BCUT2D eigenvalue weighted by Gasteiger charge is -2.30. The van der Waals surface area contributed by atoms with Gasteiger partial charge < -0.3 is 20.9 Å². The van der Waals surface area contributed by atoms with Crippen molar-refractivity contribution in [2.24, 2.45) is 0 Å². The highest BCUT2D eigenvalue weighted by Gasteiger charge is 2.24. The van der Waals surface area contributed by atoms with Crippen LogP contribution in [-0.4, -0.2) is 28.8 Å². The standard InChI is InChI=1S/C11H19N3O2/c1-7(15)11(2,3)14-9-6-5-8(12)10(13-9)16-4/h5-7,15H,12H2,1-4H3,(H,13,14). The predicted molar refractivity (Wildman–Crippen MR) is 64.6 cm³/mol. The van der Waals surface area contributed by atoms with Crippen LogP contribution in [0.4, 0.5) is 11.5 Å². The molecule has 4 N–H and O–H groups in total. The first kappa shape index (κ1) is 12.6. The highest BCUT2D eigenvalue weighted by molar-refractivity contribution is 5.54. The topological polar surface area (TPSA) is 80.4 Å². The molecule has 0 spiro atoms.